The van der Waals surface area contributed by atoms with Crippen LogP contribution in [0.5, 0.6) is 0 Å². The van der Waals surface area contributed by atoms with E-state index in [-0.39, 0.29) is 18.4 Å². The monoisotopic (exact) mass is 350 g/mol. The van der Waals surface area contributed by atoms with E-state index in [0.717, 1.165) is 16.5 Å². The second-order valence-corrected chi connectivity index (χ2v) is 5.78. The minimum atomic E-state index is -0.583. The lowest BCUT2D eigenvalue weighted by atomic mass is 10.0. The van der Waals surface area contributed by atoms with Crippen LogP contribution in [0.25, 0.3) is 10.9 Å². The Hall–Kier alpha value is -1.52. The third-order valence-corrected chi connectivity index (χ3v) is 4.28. The Morgan fingerprint density at radius 3 is 2.52 bits per heavy atom. The van der Waals surface area contributed by atoms with Gasteiger partial charge in [-0.2, -0.15) is 0 Å². The van der Waals surface area contributed by atoms with Crippen LogP contribution < -0.4 is 5.32 Å². The molecule has 0 saturated carbocycles. The number of rotatable bonds is 5. The number of hydrogen-bond acceptors (Lipinski definition) is 2. The third-order valence-electron chi connectivity index (χ3n) is 3.93. The molecule has 3 rings (SSSR count). The maximum atomic E-state index is 10.7. The number of nitrogens with one attached hydrogen (secondary N) is 1. The summed E-state index contributed by atoms with van der Waals surface area (Å²) in [4.78, 5) is 0. The van der Waals surface area contributed by atoms with Gasteiger partial charge in [-0.15, -0.1) is 12.4 Å². The topological polar surface area (TPSA) is 37.2 Å². The van der Waals surface area contributed by atoms with Gasteiger partial charge in [-0.3, -0.25) is 0 Å². The Labute approximate surface area is 147 Å². The largest absolute Gasteiger partial charge is 0.389 e. The molecule has 3 nitrogen and oxygen atoms in total. The molecule has 0 aliphatic heterocycles. The van der Waals surface area contributed by atoms with Crippen molar-refractivity contribution < 1.29 is 5.11 Å². The van der Waals surface area contributed by atoms with Gasteiger partial charge >= 0.3 is 0 Å². The summed E-state index contributed by atoms with van der Waals surface area (Å²) in [5, 5.41) is 15.5. The first kappa shape index (κ1) is 17.8. The molecule has 5 heteroatoms. The van der Waals surface area contributed by atoms with Crippen molar-refractivity contribution >= 4 is 34.9 Å². The normalized spacial score (nSPS) is 13.5. The Bertz CT molecular complexity index is 772. The molecular formula is C18H20Cl2N2O. The first-order valence-corrected chi connectivity index (χ1v) is 7.73. The predicted octanol–water partition coefficient (Wildman–Crippen LogP) is 3.89. The molecule has 0 unspecified atom stereocenters. The van der Waals surface area contributed by atoms with Crippen LogP contribution in [0.4, 0.5) is 0 Å². The summed E-state index contributed by atoms with van der Waals surface area (Å²) in [6, 6.07) is 17.7. The number of benzene rings is 2. The van der Waals surface area contributed by atoms with Crippen LogP contribution >= 0.6 is 24.0 Å². The Morgan fingerprint density at radius 2 is 1.78 bits per heavy atom. The number of nitrogens with zero attached hydrogens (tertiary/aromatic N) is 1. The van der Waals surface area contributed by atoms with Crippen LogP contribution in [-0.4, -0.2) is 29.4 Å². The van der Waals surface area contributed by atoms with Gasteiger partial charge in [-0.1, -0.05) is 48.0 Å². The maximum absolute atomic E-state index is 10.7. The van der Waals surface area contributed by atoms with E-state index in [1.165, 1.54) is 0 Å². The molecule has 0 spiro atoms. The van der Waals surface area contributed by atoms with Gasteiger partial charge in [0, 0.05) is 23.3 Å². The summed E-state index contributed by atoms with van der Waals surface area (Å²) in [5.41, 5.74) is 2.01. The fourth-order valence-electron chi connectivity index (χ4n) is 2.93. The van der Waals surface area contributed by atoms with Crippen LogP contribution in [0, 0.1) is 0 Å². The van der Waals surface area contributed by atoms with E-state index in [4.69, 9.17) is 11.6 Å². The molecule has 1 heterocycles. The molecule has 23 heavy (non-hydrogen) atoms. The highest BCUT2D eigenvalue weighted by molar-refractivity contribution is 6.31. The standard InChI is InChI=1S/C18H19ClN2O.ClH/c1-20-12-17(22)18(14-7-3-4-8-15(14)19)21-11-10-13-6-2-5-9-16(13)21;/h2-11,17-18,20,22H,12H2,1H3;1H/t17-,18+;/m1./s1. The summed E-state index contributed by atoms with van der Waals surface area (Å²) >= 11 is 6.39. The van der Waals surface area contributed by atoms with Gasteiger partial charge in [0.1, 0.15) is 0 Å². The smallest absolute Gasteiger partial charge is 0.0913 e. The van der Waals surface area contributed by atoms with Gasteiger partial charge in [0.15, 0.2) is 0 Å². The van der Waals surface area contributed by atoms with Crippen molar-refractivity contribution in [2.24, 2.45) is 0 Å². The summed E-state index contributed by atoms with van der Waals surface area (Å²) < 4.78 is 2.10. The van der Waals surface area contributed by atoms with E-state index in [1.54, 1.807) is 0 Å². The van der Waals surface area contributed by atoms with Crippen molar-refractivity contribution in [2.75, 3.05) is 13.6 Å². The zero-order chi connectivity index (χ0) is 15.5. The first-order chi connectivity index (χ1) is 10.7. The summed E-state index contributed by atoms with van der Waals surface area (Å²) in [5.74, 6) is 0. The molecule has 3 aromatic rings. The van der Waals surface area contributed by atoms with E-state index in [1.807, 2.05) is 49.6 Å². The minimum Gasteiger partial charge on any atom is -0.389 e. The lowest BCUT2D eigenvalue weighted by molar-refractivity contribution is 0.132. The molecule has 0 radical (unpaired) electrons. The Morgan fingerprint density at radius 1 is 1.09 bits per heavy atom. The van der Waals surface area contributed by atoms with Crippen molar-refractivity contribution in [3.8, 4) is 0 Å². The average molecular weight is 351 g/mol. The van der Waals surface area contributed by atoms with Gasteiger partial charge in [0.2, 0.25) is 0 Å². The highest BCUT2D eigenvalue weighted by atomic mass is 35.5. The van der Waals surface area contributed by atoms with E-state index >= 15 is 0 Å². The second-order valence-electron chi connectivity index (χ2n) is 5.37. The highest BCUT2D eigenvalue weighted by Gasteiger charge is 2.25. The molecule has 0 bridgehead atoms. The number of aliphatic hydroxyl groups is 1. The SMILES string of the molecule is CNC[C@@H](O)[C@H](c1ccccc1Cl)n1ccc2ccccc21.Cl. The number of fused-ring (bicyclic) bond motifs is 1. The molecule has 0 saturated heterocycles. The van der Waals surface area contributed by atoms with E-state index < -0.39 is 6.10 Å². The number of halogens is 2. The van der Waals surface area contributed by atoms with Crippen molar-refractivity contribution in [1.82, 2.24) is 9.88 Å². The number of likely N-dealkylation sites (N-methyl/N-ethyl adjacent to an activating group) is 1. The fourth-order valence-corrected chi connectivity index (χ4v) is 3.17. The van der Waals surface area contributed by atoms with Gasteiger partial charge in [0.25, 0.3) is 0 Å². The van der Waals surface area contributed by atoms with Crippen molar-refractivity contribution in [3.63, 3.8) is 0 Å². The van der Waals surface area contributed by atoms with Crippen molar-refractivity contribution in [3.05, 3.63) is 71.4 Å². The van der Waals surface area contributed by atoms with Crippen LogP contribution in [0.1, 0.15) is 11.6 Å². The molecule has 0 aliphatic rings. The second kappa shape index (κ2) is 7.84. The number of aromatic nitrogens is 1. The zero-order valence-corrected chi connectivity index (χ0v) is 14.4. The van der Waals surface area contributed by atoms with Crippen molar-refractivity contribution in [2.45, 2.75) is 12.1 Å². The number of hydrogen-bond donors (Lipinski definition) is 2. The number of aliphatic hydroxyl groups excluding tert-OH is 1. The molecule has 2 N–H and O–H groups in total. The highest BCUT2D eigenvalue weighted by Crippen LogP contribution is 2.31. The molecule has 2 aromatic carbocycles. The summed E-state index contributed by atoms with van der Waals surface area (Å²) in [6.45, 7) is 0.488. The van der Waals surface area contributed by atoms with Crippen LogP contribution in [0.15, 0.2) is 60.8 Å². The predicted molar refractivity (Wildman–Crippen MR) is 98.7 cm³/mol. The maximum Gasteiger partial charge on any atom is 0.0913 e. The summed E-state index contributed by atoms with van der Waals surface area (Å²) in [7, 11) is 1.83. The van der Waals surface area contributed by atoms with Gasteiger partial charge in [-0.25, -0.2) is 0 Å². The molecule has 122 valence electrons. The third kappa shape index (κ3) is 3.54. The lowest BCUT2D eigenvalue weighted by Crippen LogP contribution is -2.33. The molecule has 1 aromatic heterocycles. The van der Waals surface area contributed by atoms with Gasteiger partial charge < -0.3 is 15.0 Å². The average Bonchev–Trinajstić information content (AvgIpc) is 2.94. The van der Waals surface area contributed by atoms with Crippen molar-refractivity contribution in [1.29, 1.82) is 0 Å². The van der Waals surface area contributed by atoms with Crippen LogP contribution in [-0.2, 0) is 0 Å². The van der Waals surface area contributed by atoms with Crippen LogP contribution in [0.3, 0.4) is 0 Å². The zero-order valence-electron chi connectivity index (χ0n) is 12.8. The Balaban J connectivity index is 0.00000192. The minimum absolute atomic E-state index is 0. The first-order valence-electron chi connectivity index (χ1n) is 7.35. The molecule has 0 amide bonds. The lowest BCUT2D eigenvalue weighted by Gasteiger charge is -2.27. The quantitative estimate of drug-likeness (QED) is 0.732. The van der Waals surface area contributed by atoms with E-state index in [0.29, 0.717) is 11.6 Å². The molecular weight excluding hydrogens is 331 g/mol. The Kier molecular flexibility index (Phi) is 6.08. The molecule has 0 fully saturated rings. The fraction of sp³-hybridized carbons (Fsp3) is 0.222. The number of para-hydroxylation sites is 1. The van der Waals surface area contributed by atoms with Gasteiger partial charge in [-0.05, 0) is 36.2 Å². The van der Waals surface area contributed by atoms with Gasteiger partial charge in [0.05, 0.1) is 12.1 Å². The summed E-state index contributed by atoms with van der Waals surface area (Å²) in [6.07, 6.45) is 1.43. The van der Waals surface area contributed by atoms with E-state index in [2.05, 4.69) is 28.1 Å². The van der Waals surface area contributed by atoms with Crippen LogP contribution in [0.2, 0.25) is 5.02 Å². The van der Waals surface area contributed by atoms with E-state index in [9.17, 15) is 5.11 Å². The molecule has 2 atom stereocenters. The molecule has 0 aliphatic carbocycles.